The minimum atomic E-state index is -0.248. The molecule has 0 aliphatic rings. The van der Waals surface area contributed by atoms with Gasteiger partial charge in [0, 0.05) is 5.41 Å². The Kier molecular flexibility index (Phi) is 5.33. The van der Waals surface area contributed by atoms with Crippen LogP contribution in [0.15, 0.2) is 42.5 Å². The van der Waals surface area contributed by atoms with Gasteiger partial charge in [0.15, 0.2) is 0 Å². The normalized spacial score (nSPS) is 13.8. The van der Waals surface area contributed by atoms with E-state index in [9.17, 15) is 4.79 Å². The molecule has 0 amide bonds. The molecule has 1 heteroatoms. The van der Waals surface area contributed by atoms with Crippen LogP contribution in [0, 0.1) is 5.41 Å². The topological polar surface area (TPSA) is 17.1 Å². The minimum absolute atomic E-state index is 0.248. The highest BCUT2D eigenvalue weighted by Crippen LogP contribution is 2.34. The predicted octanol–water partition coefficient (Wildman–Crippen LogP) is 4.74. The molecule has 0 fully saturated rings. The van der Waals surface area contributed by atoms with Crippen molar-refractivity contribution in [1.82, 2.24) is 0 Å². The Morgan fingerprint density at radius 1 is 1.28 bits per heavy atom. The van der Waals surface area contributed by atoms with E-state index in [0.717, 1.165) is 12.8 Å². The zero-order valence-corrected chi connectivity index (χ0v) is 11.9. The van der Waals surface area contributed by atoms with Crippen LogP contribution < -0.4 is 0 Å². The van der Waals surface area contributed by atoms with Crippen molar-refractivity contribution in [3.8, 4) is 0 Å². The molecule has 0 bridgehead atoms. The molecule has 0 aromatic heterocycles. The number of hydrogen-bond donors (Lipinski definition) is 0. The molecule has 0 N–H and O–H groups in total. The van der Waals surface area contributed by atoms with E-state index in [4.69, 9.17) is 0 Å². The summed E-state index contributed by atoms with van der Waals surface area (Å²) in [7, 11) is 0. The summed E-state index contributed by atoms with van der Waals surface area (Å²) < 4.78 is 0. The molecule has 0 spiro atoms. The summed E-state index contributed by atoms with van der Waals surface area (Å²) in [6, 6.07) is 10.5. The summed E-state index contributed by atoms with van der Waals surface area (Å²) in [6.45, 7) is 7.82. The molecule has 0 aliphatic heterocycles. The fraction of sp³-hybridized carbons (Fsp3) is 0.471. The predicted molar refractivity (Wildman–Crippen MR) is 77.7 cm³/mol. The van der Waals surface area contributed by atoms with Crippen LogP contribution in [0.25, 0.3) is 0 Å². The van der Waals surface area contributed by atoms with Crippen molar-refractivity contribution in [1.29, 1.82) is 0 Å². The Hall–Kier alpha value is -1.37. The molecular weight excluding hydrogens is 220 g/mol. The molecule has 1 nitrogen and oxygen atoms in total. The first kappa shape index (κ1) is 14.7. The van der Waals surface area contributed by atoms with E-state index >= 15 is 0 Å². The molecule has 0 saturated carbocycles. The Morgan fingerprint density at radius 3 is 2.39 bits per heavy atom. The second-order valence-corrected chi connectivity index (χ2v) is 5.56. The number of carbonyl (C=O) groups is 1. The lowest BCUT2D eigenvalue weighted by Gasteiger charge is -2.27. The number of carbonyl (C=O) groups excluding carboxylic acids is 1. The number of ketones is 1. The fourth-order valence-electron chi connectivity index (χ4n) is 2.12. The van der Waals surface area contributed by atoms with Crippen molar-refractivity contribution in [2.24, 2.45) is 5.41 Å². The molecule has 18 heavy (non-hydrogen) atoms. The van der Waals surface area contributed by atoms with Crippen LogP contribution in [0.3, 0.4) is 0 Å². The largest absolute Gasteiger partial charge is 0.299 e. The van der Waals surface area contributed by atoms with Crippen LogP contribution in [0.2, 0.25) is 0 Å². The summed E-state index contributed by atoms with van der Waals surface area (Å²) in [5.41, 5.74) is 1.08. The van der Waals surface area contributed by atoms with Crippen molar-refractivity contribution < 1.29 is 4.79 Å². The number of allylic oxidation sites excluding steroid dienone is 2. The van der Waals surface area contributed by atoms with E-state index in [1.54, 1.807) is 6.92 Å². The van der Waals surface area contributed by atoms with Crippen LogP contribution in [-0.4, -0.2) is 5.78 Å². The van der Waals surface area contributed by atoms with E-state index in [0.29, 0.717) is 5.92 Å². The third kappa shape index (κ3) is 4.14. The monoisotopic (exact) mass is 244 g/mol. The molecule has 0 saturated heterocycles. The van der Waals surface area contributed by atoms with Crippen molar-refractivity contribution in [2.45, 2.75) is 46.5 Å². The lowest BCUT2D eigenvalue weighted by molar-refractivity contribution is -0.125. The van der Waals surface area contributed by atoms with Gasteiger partial charge in [-0.15, -0.1) is 0 Å². The highest BCUT2D eigenvalue weighted by Gasteiger charge is 2.27. The molecule has 0 heterocycles. The number of benzene rings is 1. The first-order chi connectivity index (χ1) is 8.47. The Bertz CT molecular complexity index is 401. The van der Waals surface area contributed by atoms with Gasteiger partial charge in [-0.1, -0.05) is 56.3 Å². The van der Waals surface area contributed by atoms with Crippen LogP contribution in [-0.2, 0) is 4.79 Å². The number of rotatable bonds is 6. The maximum Gasteiger partial charge on any atom is 0.135 e. The second-order valence-electron chi connectivity index (χ2n) is 5.56. The minimum Gasteiger partial charge on any atom is -0.299 e. The van der Waals surface area contributed by atoms with Gasteiger partial charge in [0.25, 0.3) is 0 Å². The zero-order chi connectivity index (χ0) is 13.6. The molecule has 98 valence electrons. The van der Waals surface area contributed by atoms with Crippen molar-refractivity contribution in [3.05, 3.63) is 48.0 Å². The van der Waals surface area contributed by atoms with E-state index in [2.05, 4.69) is 36.4 Å². The van der Waals surface area contributed by atoms with Crippen LogP contribution in [0.5, 0.6) is 0 Å². The van der Waals surface area contributed by atoms with Crippen molar-refractivity contribution in [2.75, 3.05) is 0 Å². The molecule has 0 aliphatic carbocycles. The molecule has 1 atom stereocenters. The Balaban J connectivity index is 2.89. The summed E-state index contributed by atoms with van der Waals surface area (Å²) in [4.78, 5) is 11.7. The van der Waals surface area contributed by atoms with Gasteiger partial charge in [-0.05, 0) is 38.2 Å². The average molecular weight is 244 g/mol. The SMILES string of the molecule is CC=CCC(CC(C)(C)C(C)=O)c1ccccc1. The third-order valence-corrected chi connectivity index (χ3v) is 3.64. The smallest absolute Gasteiger partial charge is 0.135 e. The van der Waals surface area contributed by atoms with E-state index in [1.165, 1.54) is 5.56 Å². The number of Topliss-reactive ketones (excluding diaryl/α,β-unsaturated/α-hetero) is 1. The first-order valence-corrected chi connectivity index (χ1v) is 6.64. The van der Waals surface area contributed by atoms with Gasteiger partial charge >= 0.3 is 0 Å². The maximum atomic E-state index is 11.7. The summed E-state index contributed by atoms with van der Waals surface area (Å²) in [5.74, 6) is 0.685. The van der Waals surface area contributed by atoms with Gasteiger partial charge in [0.05, 0.1) is 0 Å². The van der Waals surface area contributed by atoms with Gasteiger partial charge in [0.1, 0.15) is 5.78 Å². The first-order valence-electron chi connectivity index (χ1n) is 6.64. The van der Waals surface area contributed by atoms with Gasteiger partial charge in [-0.2, -0.15) is 0 Å². The average Bonchev–Trinajstić information content (AvgIpc) is 2.35. The number of hydrogen-bond acceptors (Lipinski definition) is 1. The highest BCUT2D eigenvalue weighted by molar-refractivity contribution is 5.81. The molecule has 1 unspecified atom stereocenters. The third-order valence-electron chi connectivity index (χ3n) is 3.64. The van der Waals surface area contributed by atoms with E-state index in [1.807, 2.05) is 26.8 Å². The zero-order valence-electron chi connectivity index (χ0n) is 11.9. The summed E-state index contributed by atoms with van der Waals surface area (Å²) in [5, 5.41) is 0. The Labute approximate surface area is 111 Å². The van der Waals surface area contributed by atoms with Crippen molar-refractivity contribution >= 4 is 5.78 Å². The molecule has 1 aromatic rings. The van der Waals surface area contributed by atoms with Crippen molar-refractivity contribution in [3.63, 3.8) is 0 Å². The van der Waals surface area contributed by atoms with Gasteiger partial charge in [-0.25, -0.2) is 0 Å². The summed E-state index contributed by atoms with van der Waals surface area (Å²) in [6.07, 6.45) is 6.17. The maximum absolute atomic E-state index is 11.7. The lowest BCUT2D eigenvalue weighted by Crippen LogP contribution is -2.24. The molecule has 1 aromatic carbocycles. The van der Waals surface area contributed by atoms with Gasteiger partial charge in [-0.3, -0.25) is 4.79 Å². The Morgan fingerprint density at radius 2 is 1.89 bits per heavy atom. The fourth-order valence-corrected chi connectivity index (χ4v) is 2.12. The standard InChI is InChI=1S/C17H24O/c1-5-6-10-16(13-17(3,4)14(2)18)15-11-8-7-9-12-15/h5-9,11-12,16H,10,13H2,1-4H3. The molecule has 1 rings (SSSR count). The highest BCUT2D eigenvalue weighted by atomic mass is 16.1. The van der Waals surface area contributed by atoms with E-state index < -0.39 is 0 Å². The van der Waals surface area contributed by atoms with Gasteiger partial charge < -0.3 is 0 Å². The molecular formula is C17H24O. The summed E-state index contributed by atoms with van der Waals surface area (Å²) >= 11 is 0. The lowest BCUT2D eigenvalue weighted by atomic mass is 9.76. The molecule has 0 radical (unpaired) electrons. The van der Waals surface area contributed by atoms with E-state index in [-0.39, 0.29) is 11.2 Å². The van der Waals surface area contributed by atoms with Gasteiger partial charge in [0.2, 0.25) is 0 Å². The quantitative estimate of drug-likeness (QED) is 0.660. The second kappa shape index (κ2) is 6.53. The van der Waals surface area contributed by atoms with Crippen LogP contribution >= 0.6 is 0 Å². The van der Waals surface area contributed by atoms with Crippen LogP contribution in [0.4, 0.5) is 0 Å². The van der Waals surface area contributed by atoms with Crippen LogP contribution in [0.1, 0.15) is 52.0 Å².